The third kappa shape index (κ3) is 1.95. The van der Waals surface area contributed by atoms with E-state index in [-0.39, 0.29) is 12.1 Å². The van der Waals surface area contributed by atoms with Gasteiger partial charge in [0.15, 0.2) is 0 Å². The Bertz CT molecular complexity index is 270. The molecule has 1 fully saturated rings. The van der Waals surface area contributed by atoms with E-state index in [0.29, 0.717) is 0 Å². The van der Waals surface area contributed by atoms with Crippen LogP contribution in [0.4, 0.5) is 0 Å². The van der Waals surface area contributed by atoms with Gasteiger partial charge in [-0.05, 0) is 18.4 Å². The fraction of sp³-hybridized carbons (Fsp3) is 0.455. The summed E-state index contributed by atoms with van der Waals surface area (Å²) >= 11 is 0. The first-order valence-electron chi connectivity index (χ1n) is 5.04. The molecule has 2 atom stereocenters. The van der Waals surface area contributed by atoms with Gasteiger partial charge in [-0.3, -0.25) is 11.3 Å². The number of benzene rings is 1. The average molecular weight is 192 g/mol. The summed E-state index contributed by atoms with van der Waals surface area (Å²) in [6, 6.07) is 10.3. The van der Waals surface area contributed by atoms with Crippen LogP contribution in [0.25, 0.3) is 0 Å². The summed E-state index contributed by atoms with van der Waals surface area (Å²) < 4.78 is 5.62. The molecule has 0 bridgehead atoms. The van der Waals surface area contributed by atoms with E-state index < -0.39 is 0 Å². The van der Waals surface area contributed by atoms with Gasteiger partial charge in [0, 0.05) is 6.61 Å². The van der Waals surface area contributed by atoms with Crippen molar-refractivity contribution in [2.45, 2.75) is 25.0 Å². The zero-order valence-corrected chi connectivity index (χ0v) is 8.15. The molecule has 0 spiro atoms. The van der Waals surface area contributed by atoms with Gasteiger partial charge in [-0.15, -0.1) is 0 Å². The van der Waals surface area contributed by atoms with E-state index in [2.05, 4.69) is 17.6 Å². The minimum atomic E-state index is 0.124. The molecule has 2 unspecified atom stereocenters. The quantitative estimate of drug-likeness (QED) is 0.561. The lowest BCUT2D eigenvalue weighted by atomic mass is 10.0. The number of ether oxygens (including phenoxy) is 1. The maximum absolute atomic E-state index is 5.62. The van der Waals surface area contributed by atoms with Crippen molar-refractivity contribution in [2.75, 3.05) is 6.61 Å². The van der Waals surface area contributed by atoms with E-state index in [1.165, 1.54) is 5.56 Å². The minimum Gasteiger partial charge on any atom is -0.376 e. The molecule has 0 aromatic heterocycles. The molecule has 0 radical (unpaired) electrons. The Balaban J connectivity index is 2.12. The normalized spacial score (nSPS) is 23.6. The van der Waals surface area contributed by atoms with Crippen LogP contribution in [-0.4, -0.2) is 12.7 Å². The molecular weight excluding hydrogens is 176 g/mol. The monoisotopic (exact) mass is 192 g/mol. The molecule has 1 heterocycles. The van der Waals surface area contributed by atoms with Gasteiger partial charge in [-0.1, -0.05) is 30.3 Å². The van der Waals surface area contributed by atoms with Crippen molar-refractivity contribution in [1.82, 2.24) is 5.43 Å². The Morgan fingerprint density at radius 2 is 2.14 bits per heavy atom. The molecule has 2 rings (SSSR count). The van der Waals surface area contributed by atoms with E-state index in [1.807, 2.05) is 18.2 Å². The molecule has 1 aromatic carbocycles. The Kier molecular flexibility index (Phi) is 3.14. The standard InChI is InChI=1S/C11H16N2O/c12-13-11(10-7-4-8-14-10)9-5-2-1-3-6-9/h1-3,5-6,10-11,13H,4,7-8,12H2. The predicted molar refractivity (Wildman–Crippen MR) is 55.5 cm³/mol. The van der Waals surface area contributed by atoms with Crippen LogP contribution in [0.3, 0.4) is 0 Å². The largest absolute Gasteiger partial charge is 0.376 e. The minimum absolute atomic E-state index is 0.124. The Morgan fingerprint density at radius 1 is 1.36 bits per heavy atom. The van der Waals surface area contributed by atoms with Gasteiger partial charge in [0.05, 0.1) is 12.1 Å². The van der Waals surface area contributed by atoms with Gasteiger partial charge >= 0.3 is 0 Å². The Labute approximate surface area is 84.2 Å². The first-order chi connectivity index (χ1) is 6.92. The van der Waals surface area contributed by atoms with E-state index in [0.717, 1.165) is 19.4 Å². The summed E-state index contributed by atoms with van der Waals surface area (Å²) in [5.41, 5.74) is 4.03. The average Bonchev–Trinajstić information content (AvgIpc) is 2.74. The molecule has 0 aliphatic carbocycles. The number of nitrogens with one attached hydrogen (secondary N) is 1. The van der Waals surface area contributed by atoms with Crippen LogP contribution in [0.1, 0.15) is 24.4 Å². The second-order valence-electron chi connectivity index (χ2n) is 3.61. The van der Waals surface area contributed by atoms with Gasteiger partial charge in [-0.2, -0.15) is 0 Å². The van der Waals surface area contributed by atoms with Crippen molar-refractivity contribution in [2.24, 2.45) is 5.84 Å². The van der Waals surface area contributed by atoms with Gasteiger partial charge in [0.2, 0.25) is 0 Å². The van der Waals surface area contributed by atoms with Gasteiger partial charge in [-0.25, -0.2) is 0 Å². The summed E-state index contributed by atoms with van der Waals surface area (Å²) in [5.74, 6) is 5.55. The summed E-state index contributed by atoms with van der Waals surface area (Å²) in [4.78, 5) is 0. The maximum Gasteiger partial charge on any atom is 0.0783 e. The van der Waals surface area contributed by atoms with Crippen molar-refractivity contribution < 1.29 is 4.74 Å². The molecule has 76 valence electrons. The highest BCUT2D eigenvalue weighted by molar-refractivity contribution is 5.20. The van der Waals surface area contributed by atoms with Crippen LogP contribution in [-0.2, 0) is 4.74 Å². The van der Waals surface area contributed by atoms with Gasteiger partial charge < -0.3 is 4.74 Å². The molecule has 3 N–H and O–H groups in total. The van der Waals surface area contributed by atoms with Gasteiger partial charge in [0.25, 0.3) is 0 Å². The number of rotatable bonds is 3. The highest BCUT2D eigenvalue weighted by atomic mass is 16.5. The number of hydrazine groups is 1. The van der Waals surface area contributed by atoms with E-state index in [9.17, 15) is 0 Å². The summed E-state index contributed by atoms with van der Waals surface area (Å²) in [7, 11) is 0. The fourth-order valence-corrected chi connectivity index (χ4v) is 1.94. The van der Waals surface area contributed by atoms with Crippen LogP contribution in [0.5, 0.6) is 0 Å². The van der Waals surface area contributed by atoms with Crippen molar-refractivity contribution in [3.8, 4) is 0 Å². The lowest BCUT2D eigenvalue weighted by Crippen LogP contribution is -2.36. The number of hydrogen-bond acceptors (Lipinski definition) is 3. The second kappa shape index (κ2) is 4.55. The second-order valence-corrected chi connectivity index (χ2v) is 3.61. The van der Waals surface area contributed by atoms with E-state index in [1.54, 1.807) is 0 Å². The SMILES string of the molecule is NNC(c1ccccc1)C1CCCO1. The molecule has 1 aliphatic rings. The smallest absolute Gasteiger partial charge is 0.0783 e. The van der Waals surface area contributed by atoms with Crippen LogP contribution in [0, 0.1) is 0 Å². The number of nitrogens with two attached hydrogens (primary N) is 1. The fourth-order valence-electron chi connectivity index (χ4n) is 1.94. The maximum atomic E-state index is 5.62. The van der Waals surface area contributed by atoms with Crippen LogP contribution >= 0.6 is 0 Å². The van der Waals surface area contributed by atoms with Gasteiger partial charge in [0.1, 0.15) is 0 Å². The lowest BCUT2D eigenvalue weighted by molar-refractivity contribution is 0.0783. The zero-order chi connectivity index (χ0) is 9.80. The van der Waals surface area contributed by atoms with Crippen LogP contribution in [0.2, 0.25) is 0 Å². The topological polar surface area (TPSA) is 47.3 Å². The Hall–Kier alpha value is -0.900. The van der Waals surface area contributed by atoms with Crippen molar-refractivity contribution in [3.05, 3.63) is 35.9 Å². The molecule has 0 saturated carbocycles. The Morgan fingerprint density at radius 3 is 2.71 bits per heavy atom. The first-order valence-corrected chi connectivity index (χ1v) is 5.04. The highest BCUT2D eigenvalue weighted by Crippen LogP contribution is 2.25. The molecule has 3 nitrogen and oxygen atoms in total. The summed E-state index contributed by atoms with van der Waals surface area (Å²) in [6.45, 7) is 0.857. The number of hydrogen-bond donors (Lipinski definition) is 2. The van der Waals surface area contributed by atoms with Crippen molar-refractivity contribution in [3.63, 3.8) is 0 Å². The third-order valence-corrected chi connectivity index (χ3v) is 2.67. The van der Waals surface area contributed by atoms with Crippen LogP contribution in [0.15, 0.2) is 30.3 Å². The summed E-state index contributed by atoms with van der Waals surface area (Å²) in [6.07, 6.45) is 2.45. The summed E-state index contributed by atoms with van der Waals surface area (Å²) in [5, 5.41) is 0. The lowest BCUT2D eigenvalue weighted by Gasteiger charge is -2.22. The molecule has 1 aromatic rings. The molecule has 14 heavy (non-hydrogen) atoms. The van der Waals surface area contributed by atoms with Crippen LogP contribution < -0.4 is 11.3 Å². The highest BCUT2D eigenvalue weighted by Gasteiger charge is 2.25. The van der Waals surface area contributed by atoms with Crippen molar-refractivity contribution in [1.29, 1.82) is 0 Å². The van der Waals surface area contributed by atoms with Crippen molar-refractivity contribution >= 4 is 0 Å². The predicted octanol–water partition coefficient (Wildman–Crippen LogP) is 1.37. The molecule has 1 saturated heterocycles. The third-order valence-electron chi connectivity index (χ3n) is 2.67. The van der Waals surface area contributed by atoms with E-state index >= 15 is 0 Å². The van der Waals surface area contributed by atoms with E-state index in [4.69, 9.17) is 10.6 Å². The molecular formula is C11H16N2O. The molecule has 3 heteroatoms. The zero-order valence-electron chi connectivity index (χ0n) is 8.15. The molecule has 0 amide bonds. The first kappa shape index (κ1) is 9.65. The molecule has 1 aliphatic heterocycles.